The van der Waals surface area contributed by atoms with Crippen molar-refractivity contribution in [3.63, 3.8) is 0 Å². The zero-order chi connectivity index (χ0) is 12.3. The van der Waals surface area contributed by atoms with Crippen LogP contribution in [0.1, 0.15) is 30.0 Å². The first-order valence-electron chi connectivity index (χ1n) is 5.49. The molecule has 1 aromatic heterocycles. The third kappa shape index (κ3) is 2.88. The zero-order valence-corrected chi connectivity index (χ0v) is 9.56. The molecule has 2 rings (SSSR count). The molecule has 1 heterocycles. The Hall–Kier alpha value is -2.21. The highest BCUT2D eigenvalue weighted by Gasteiger charge is 2.24. The Morgan fingerprint density at radius 1 is 1.47 bits per heavy atom. The van der Waals surface area contributed by atoms with Crippen molar-refractivity contribution in [2.24, 2.45) is 4.99 Å². The molecule has 0 spiro atoms. The molecule has 1 fully saturated rings. The molecule has 0 aromatic carbocycles. The molecular formula is C14H13N3. The van der Waals surface area contributed by atoms with Crippen molar-refractivity contribution < 1.29 is 0 Å². The molecule has 84 valence electrons. The van der Waals surface area contributed by atoms with Gasteiger partial charge in [-0.3, -0.25) is 4.98 Å². The van der Waals surface area contributed by atoms with Crippen LogP contribution >= 0.6 is 0 Å². The lowest BCUT2D eigenvalue weighted by Gasteiger charge is -2.01. The van der Waals surface area contributed by atoms with Gasteiger partial charge in [-0.2, -0.15) is 5.26 Å². The summed E-state index contributed by atoms with van der Waals surface area (Å²) in [5, 5.41) is 8.52. The first-order chi connectivity index (χ1) is 8.20. The van der Waals surface area contributed by atoms with E-state index < -0.39 is 0 Å². The predicted molar refractivity (Wildman–Crippen MR) is 68.5 cm³/mol. The van der Waals surface area contributed by atoms with Crippen molar-refractivity contribution in [2.45, 2.75) is 18.8 Å². The topological polar surface area (TPSA) is 49.0 Å². The van der Waals surface area contributed by atoms with Gasteiger partial charge in [-0.15, -0.1) is 0 Å². The van der Waals surface area contributed by atoms with Crippen molar-refractivity contribution in [1.82, 2.24) is 4.98 Å². The highest BCUT2D eigenvalue weighted by molar-refractivity contribution is 6.09. The van der Waals surface area contributed by atoms with E-state index in [-0.39, 0.29) is 5.70 Å². The smallest absolute Gasteiger partial charge is 0.133 e. The first-order valence-corrected chi connectivity index (χ1v) is 5.49. The van der Waals surface area contributed by atoms with Crippen molar-refractivity contribution in [3.05, 3.63) is 48.4 Å². The lowest BCUT2D eigenvalue weighted by molar-refractivity contribution is 1.02. The third-order valence-corrected chi connectivity index (χ3v) is 2.66. The Labute approximate surface area is 101 Å². The van der Waals surface area contributed by atoms with Crippen LogP contribution in [0.5, 0.6) is 0 Å². The second kappa shape index (κ2) is 4.75. The average molecular weight is 223 g/mol. The van der Waals surface area contributed by atoms with Gasteiger partial charge in [-0.05, 0) is 24.5 Å². The normalized spacial score (nSPS) is 14.5. The van der Waals surface area contributed by atoms with Gasteiger partial charge in [0.1, 0.15) is 11.8 Å². The van der Waals surface area contributed by atoms with Crippen molar-refractivity contribution in [2.75, 3.05) is 0 Å². The minimum Gasteiger partial charge on any atom is -0.260 e. The van der Waals surface area contributed by atoms with Crippen LogP contribution in [0.4, 0.5) is 0 Å². The van der Waals surface area contributed by atoms with Gasteiger partial charge in [0, 0.05) is 29.6 Å². The Bertz CT molecular complexity index is 513. The van der Waals surface area contributed by atoms with Gasteiger partial charge in [-0.1, -0.05) is 19.2 Å². The second-order valence-electron chi connectivity index (χ2n) is 4.09. The monoisotopic (exact) mass is 223 g/mol. The number of rotatable bonds is 4. The molecule has 0 bridgehead atoms. The number of hydrogen-bond acceptors (Lipinski definition) is 3. The fourth-order valence-corrected chi connectivity index (χ4v) is 1.48. The summed E-state index contributed by atoms with van der Waals surface area (Å²) in [7, 11) is 0. The van der Waals surface area contributed by atoms with E-state index in [0.717, 1.165) is 16.8 Å². The molecule has 1 saturated carbocycles. The minimum absolute atomic E-state index is 0.175. The molecule has 0 atom stereocenters. The molecular weight excluding hydrogens is 210 g/mol. The van der Waals surface area contributed by atoms with Crippen LogP contribution in [-0.2, 0) is 0 Å². The Morgan fingerprint density at radius 3 is 2.76 bits per heavy atom. The summed E-state index contributed by atoms with van der Waals surface area (Å²) in [5.41, 5.74) is 2.98. The van der Waals surface area contributed by atoms with Gasteiger partial charge < -0.3 is 0 Å². The first kappa shape index (κ1) is 11.3. The molecule has 1 aliphatic carbocycles. The van der Waals surface area contributed by atoms with E-state index in [1.54, 1.807) is 12.4 Å². The fourth-order valence-electron chi connectivity index (χ4n) is 1.48. The Balaban J connectivity index is 2.06. The van der Waals surface area contributed by atoms with Crippen LogP contribution < -0.4 is 0 Å². The van der Waals surface area contributed by atoms with Crippen LogP contribution in [0, 0.1) is 11.3 Å². The van der Waals surface area contributed by atoms with Crippen LogP contribution in [-0.4, -0.2) is 11.2 Å². The minimum atomic E-state index is 0.175. The van der Waals surface area contributed by atoms with E-state index in [1.807, 2.05) is 18.2 Å². The molecule has 3 nitrogen and oxygen atoms in total. The van der Waals surface area contributed by atoms with Gasteiger partial charge in [0.15, 0.2) is 0 Å². The summed E-state index contributed by atoms with van der Waals surface area (Å²) in [6.45, 7) is 7.35. The predicted octanol–water partition coefficient (Wildman–Crippen LogP) is 3.08. The summed E-state index contributed by atoms with van der Waals surface area (Å²) in [4.78, 5) is 8.28. The van der Waals surface area contributed by atoms with Crippen LogP contribution in [0.25, 0.3) is 5.57 Å². The Kier molecular flexibility index (Phi) is 3.15. The van der Waals surface area contributed by atoms with Crippen LogP contribution in [0.2, 0.25) is 0 Å². The lowest BCUT2D eigenvalue weighted by Crippen LogP contribution is -1.90. The molecule has 0 amide bonds. The lowest BCUT2D eigenvalue weighted by atomic mass is 10.1. The highest BCUT2D eigenvalue weighted by atomic mass is 14.7. The summed E-state index contributed by atoms with van der Waals surface area (Å²) in [5.74, 6) is 0.657. The van der Waals surface area contributed by atoms with E-state index in [1.165, 1.54) is 12.8 Å². The van der Waals surface area contributed by atoms with Crippen molar-refractivity contribution in [1.29, 1.82) is 5.26 Å². The van der Waals surface area contributed by atoms with Gasteiger partial charge >= 0.3 is 0 Å². The number of nitriles is 1. The van der Waals surface area contributed by atoms with E-state index >= 15 is 0 Å². The number of aliphatic imine (C=N–C) groups is 1. The number of allylic oxidation sites excluding steroid dienone is 2. The SMILES string of the molecule is C=C(C#N)N=CC(=C)c1ccc(C2CC2)nc1. The van der Waals surface area contributed by atoms with E-state index in [4.69, 9.17) is 5.26 Å². The van der Waals surface area contributed by atoms with Gasteiger partial charge in [0.05, 0.1) is 0 Å². The summed E-state index contributed by atoms with van der Waals surface area (Å²) in [6.07, 6.45) is 5.84. The second-order valence-corrected chi connectivity index (χ2v) is 4.09. The quantitative estimate of drug-likeness (QED) is 0.581. The molecule has 3 heteroatoms. The molecule has 0 saturated heterocycles. The summed E-state index contributed by atoms with van der Waals surface area (Å²) >= 11 is 0. The molecule has 0 unspecified atom stereocenters. The maximum absolute atomic E-state index is 8.52. The van der Waals surface area contributed by atoms with E-state index in [2.05, 4.69) is 23.1 Å². The van der Waals surface area contributed by atoms with Gasteiger partial charge in [0.25, 0.3) is 0 Å². The molecule has 0 N–H and O–H groups in total. The fraction of sp³-hybridized carbons (Fsp3) is 0.214. The molecule has 1 aromatic rings. The molecule has 17 heavy (non-hydrogen) atoms. The molecule has 0 aliphatic heterocycles. The van der Waals surface area contributed by atoms with E-state index in [0.29, 0.717) is 5.92 Å². The van der Waals surface area contributed by atoms with Crippen molar-refractivity contribution in [3.8, 4) is 6.07 Å². The van der Waals surface area contributed by atoms with Crippen LogP contribution in [0.15, 0.2) is 42.2 Å². The Morgan fingerprint density at radius 2 is 2.24 bits per heavy atom. The number of pyridine rings is 1. The summed E-state index contributed by atoms with van der Waals surface area (Å²) in [6, 6.07) is 5.88. The maximum atomic E-state index is 8.52. The van der Waals surface area contributed by atoms with Crippen molar-refractivity contribution >= 4 is 11.8 Å². The van der Waals surface area contributed by atoms with Gasteiger partial charge in [-0.25, -0.2) is 4.99 Å². The summed E-state index contributed by atoms with van der Waals surface area (Å²) < 4.78 is 0. The number of nitrogens with zero attached hydrogens (tertiary/aromatic N) is 3. The standard InChI is InChI=1S/C14H13N3/c1-10(8-16-11(2)7-15)13-5-6-14(17-9-13)12-3-4-12/h5-6,8-9,12H,1-4H2. The zero-order valence-electron chi connectivity index (χ0n) is 9.56. The molecule has 0 radical (unpaired) electrons. The van der Waals surface area contributed by atoms with Crippen LogP contribution in [0.3, 0.4) is 0 Å². The largest absolute Gasteiger partial charge is 0.260 e. The molecule has 1 aliphatic rings. The van der Waals surface area contributed by atoms with Gasteiger partial charge in [0.2, 0.25) is 0 Å². The van der Waals surface area contributed by atoms with E-state index in [9.17, 15) is 0 Å². The maximum Gasteiger partial charge on any atom is 0.133 e. The third-order valence-electron chi connectivity index (χ3n) is 2.66. The average Bonchev–Trinajstić information content (AvgIpc) is 3.20. The highest BCUT2D eigenvalue weighted by Crippen LogP contribution is 2.38. The number of aromatic nitrogens is 1. The number of hydrogen-bond donors (Lipinski definition) is 0.